The Morgan fingerprint density at radius 2 is 1.56 bits per heavy atom. The molecule has 0 aliphatic rings. The van der Waals surface area contributed by atoms with Crippen molar-refractivity contribution >= 4 is 19.6 Å². The average Bonchev–Trinajstić information content (AvgIpc) is 2.59. The molecule has 1 N–H and O–H groups in total. The van der Waals surface area contributed by atoms with Gasteiger partial charge in [-0.15, -0.1) is 0 Å². The van der Waals surface area contributed by atoms with Crippen LogP contribution in [0.1, 0.15) is 19.4 Å². The van der Waals surface area contributed by atoms with E-state index in [0.717, 1.165) is 0 Å². The summed E-state index contributed by atoms with van der Waals surface area (Å²) in [6, 6.07) is 2.88. The van der Waals surface area contributed by atoms with Crippen LogP contribution in [0.15, 0.2) is 17.4 Å². The van der Waals surface area contributed by atoms with E-state index < -0.39 is 19.7 Å². The monoisotopic (exact) mass is 374 g/mol. The van der Waals surface area contributed by atoms with Crippen molar-refractivity contribution in [1.29, 1.82) is 0 Å². The Labute approximate surface area is 146 Å². The second-order valence-corrected chi connectivity index (χ2v) is 7.33. The lowest BCUT2D eigenvalue weighted by Gasteiger charge is -2.18. The van der Waals surface area contributed by atoms with Crippen molar-refractivity contribution in [3.63, 3.8) is 0 Å². The molecule has 0 aliphatic carbocycles. The van der Waals surface area contributed by atoms with Crippen LogP contribution in [0, 0.1) is 0 Å². The zero-order valence-electron chi connectivity index (χ0n) is 15.1. The molecule has 140 valence electrons. The van der Waals surface area contributed by atoms with Gasteiger partial charge in [-0.25, -0.2) is 4.79 Å². The fraction of sp³-hybridized carbons (Fsp3) is 0.438. The van der Waals surface area contributed by atoms with Gasteiger partial charge in [-0.05, 0) is 37.6 Å². The minimum absolute atomic E-state index is 0.117. The normalized spacial score (nSPS) is 12.2. The van der Waals surface area contributed by atoms with Crippen molar-refractivity contribution in [3.8, 4) is 17.2 Å². The van der Waals surface area contributed by atoms with Gasteiger partial charge in [0.15, 0.2) is 11.5 Å². The first-order chi connectivity index (χ1) is 11.7. The molecule has 1 aromatic rings. The van der Waals surface area contributed by atoms with Gasteiger partial charge >= 0.3 is 13.6 Å². The Balaban J connectivity index is 3.54. The number of phenols is 1. The van der Waals surface area contributed by atoms with Gasteiger partial charge in [-0.2, -0.15) is 0 Å². The maximum atomic E-state index is 12.7. The van der Waals surface area contributed by atoms with Crippen molar-refractivity contribution in [2.45, 2.75) is 20.0 Å². The number of methoxy groups -OCH3 is 2. The number of carbonyl (C=O) groups excluding carboxylic acids is 1. The molecule has 0 atom stereocenters. The van der Waals surface area contributed by atoms with Crippen LogP contribution in [-0.2, 0) is 23.1 Å². The summed E-state index contributed by atoms with van der Waals surface area (Å²) in [4.78, 5) is 12.4. The maximum Gasteiger partial charge on any atom is 0.368 e. The number of hydrogen-bond acceptors (Lipinski definition) is 8. The molecule has 0 spiro atoms. The minimum atomic E-state index is -3.89. The van der Waals surface area contributed by atoms with Crippen molar-refractivity contribution in [1.82, 2.24) is 0 Å². The minimum Gasteiger partial charge on any atom is -0.502 e. The van der Waals surface area contributed by atoms with Gasteiger partial charge < -0.3 is 28.4 Å². The summed E-state index contributed by atoms with van der Waals surface area (Å²) in [6.07, 6.45) is 0.852. The molecule has 25 heavy (non-hydrogen) atoms. The zero-order chi connectivity index (χ0) is 19.2. The highest BCUT2D eigenvalue weighted by atomic mass is 31.2. The van der Waals surface area contributed by atoms with Crippen LogP contribution in [-0.4, -0.2) is 45.6 Å². The van der Waals surface area contributed by atoms with Crippen LogP contribution in [0.25, 0.3) is 6.08 Å². The standard InChI is InChI=1S/C16H23O8P/c1-10(2)24-16(18)14(25(19,22-5)23-6)9-11-7-12(20-3)15(17)13(8-11)21-4/h7-10,17H,1-6H3/b14-9-. The number of benzene rings is 1. The van der Waals surface area contributed by atoms with E-state index in [9.17, 15) is 14.5 Å². The predicted octanol–water partition coefficient (Wildman–Crippen LogP) is 3.19. The largest absolute Gasteiger partial charge is 0.502 e. The average molecular weight is 374 g/mol. The first-order valence-corrected chi connectivity index (χ1v) is 8.86. The highest BCUT2D eigenvalue weighted by molar-refractivity contribution is 7.60. The number of ether oxygens (including phenoxy) is 3. The van der Waals surface area contributed by atoms with Crippen molar-refractivity contribution in [3.05, 3.63) is 23.0 Å². The van der Waals surface area contributed by atoms with Gasteiger partial charge in [0.25, 0.3) is 0 Å². The Kier molecular flexibility index (Phi) is 7.48. The van der Waals surface area contributed by atoms with Crippen LogP contribution < -0.4 is 9.47 Å². The van der Waals surface area contributed by atoms with E-state index in [1.807, 2.05) is 0 Å². The highest BCUT2D eigenvalue weighted by Gasteiger charge is 2.35. The topological polar surface area (TPSA) is 101 Å². The lowest BCUT2D eigenvalue weighted by atomic mass is 10.1. The third-order valence-corrected chi connectivity index (χ3v) is 5.00. The molecule has 0 amide bonds. The SMILES string of the molecule is COc1cc(/C=C(/C(=O)OC(C)C)P(=O)(OC)OC)cc(OC)c1O. The summed E-state index contributed by atoms with van der Waals surface area (Å²) in [5.41, 5.74) is 0.372. The van der Waals surface area contributed by atoms with Crippen LogP contribution in [0.2, 0.25) is 0 Å². The third kappa shape index (κ3) is 4.98. The lowest BCUT2D eigenvalue weighted by Crippen LogP contribution is -2.15. The highest BCUT2D eigenvalue weighted by Crippen LogP contribution is 2.56. The van der Waals surface area contributed by atoms with Crippen molar-refractivity contribution < 1.29 is 37.7 Å². The van der Waals surface area contributed by atoms with Gasteiger partial charge in [0.05, 0.1) is 20.3 Å². The van der Waals surface area contributed by atoms with E-state index in [1.165, 1.54) is 46.6 Å². The maximum absolute atomic E-state index is 12.7. The first kappa shape index (κ1) is 21.0. The number of hydrogen-bond donors (Lipinski definition) is 1. The van der Waals surface area contributed by atoms with E-state index in [2.05, 4.69) is 0 Å². The van der Waals surface area contributed by atoms with Gasteiger partial charge in [0.1, 0.15) is 5.31 Å². The van der Waals surface area contributed by atoms with Gasteiger partial charge in [0, 0.05) is 14.2 Å². The van der Waals surface area contributed by atoms with E-state index in [0.29, 0.717) is 5.56 Å². The Hall–Kier alpha value is -2.02. The first-order valence-electron chi connectivity index (χ1n) is 7.32. The summed E-state index contributed by atoms with van der Waals surface area (Å²) < 4.78 is 37.8. The Bertz CT molecular complexity index is 662. The summed E-state index contributed by atoms with van der Waals surface area (Å²) in [5, 5.41) is 9.67. The molecule has 9 heteroatoms. The zero-order valence-corrected chi connectivity index (χ0v) is 16.0. The molecule has 1 aromatic carbocycles. The van der Waals surface area contributed by atoms with Crippen LogP contribution in [0.5, 0.6) is 17.2 Å². The molecule has 0 fully saturated rings. The van der Waals surface area contributed by atoms with E-state index in [4.69, 9.17) is 23.3 Å². The second-order valence-electron chi connectivity index (χ2n) is 5.12. The van der Waals surface area contributed by atoms with Crippen LogP contribution >= 0.6 is 7.60 Å². The van der Waals surface area contributed by atoms with E-state index in [1.54, 1.807) is 13.8 Å². The number of esters is 1. The fourth-order valence-corrected chi connectivity index (χ4v) is 3.08. The number of carbonyl (C=O) groups is 1. The Morgan fingerprint density at radius 3 is 1.92 bits per heavy atom. The number of phenolic OH excluding ortho intramolecular Hbond substituents is 1. The van der Waals surface area contributed by atoms with E-state index >= 15 is 0 Å². The molecule has 0 bridgehead atoms. The molecule has 0 saturated heterocycles. The van der Waals surface area contributed by atoms with Gasteiger partial charge in [0.2, 0.25) is 5.75 Å². The Morgan fingerprint density at radius 1 is 1.08 bits per heavy atom. The predicted molar refractivity (Wildman–Crippen MR) is 92.0 cm³/mol. The molecule has 0 heterocycles. The van der Waals surface area contributed by atoms with Gasteiger partial charge in [-0.1, -0.05) is 0 Å². The van der Waals surface area contributed by atoms with Gasteiger partial charge in [-0.3, -0.25) is 4.57 Å². The quantitative estimate of drug-likeness (QED) is 0.421. The molecular formula is C16H23O8P. The van der Waals surface area contributed by atoms with Crippen LogP contribution in [0.3, 0.4) is 0 Å². The molecule has 8 nitrogen and oxygen atoms in total. The summed E-state index contributed by atoms with van der Waals surface area (Å²) in [5.74, 6) is -0.804. The molecule has 0 radical (unpaired) electrons. The number of rotatable bonds is 8. The number of aromatic hydroxyl groups is 1. The second kappa shape index (κ2) is 8.89. The van der Waals surface area contributed by atoms with Crippen molar-refractivity contribution in [2.75, 3.05) is 28.4 Å². The molecule has 1 rings (SSSR count). The van der Waals surface area contributed by atoms with Crippen LogP contribution in [0.4, 0.5) is 0 Å². The summed E-state index contributed by atoms with van der Waals surface area (Å²) in [7, 11) is 1.18. The fourth-order valence-electron chi connectivity index (χ4n) is 1.95. The summed E-state index contributed by atoms with van der Waals surface area (Å²) >= 11 is 0. The molecule has 0 unspecified atom stereocenters. The molecule has 0 aromatic heterocycles. The third-order valence-electron chi connectivity index (χ3n) is 3.13. The smallest absolute Gasteiger partial charge is 0.368 e. The van der Waals surface area contributed by atoms with Crippen molar-refractivity contribution in [2.24, 2.45) is 0 Å². The molecule has 0 saturated carbocycles. The summed E-state index contributed by atoms with van der Waals surface area (Å²) in [6.45, 7) is 3.32. The molecular weight excluding hydrogens is 351 g/mol. The molecule has 0 aliphatic heterocycles. The van der Waals surface area contributed by atoms with E-state index in [-0.39, 0.29) is 22.6 Å². The lowest BCUT2D eigenvalue weighted by molar-refractivity contribution is -0.141.